The van der Waals surface area contributed by atoms with Crippen LogP contribution in [0.25, 0.3) is 0 Å². The zero-order valence-corrected chi connectivity index (χ0v) is 19.3. The number of carbonyl (C=O) groups is 1. The van der Waals surface area contributed by atoms with E-state index in [2.05, 4.69) is 33.9 Å². The molecular formula is C17H30N2O4S2Si. The fourth-order valence-corrected chi connectivity index (χ4v) is 7.64. The van der Waals surface area contributed by atoms with Gasteiger partial charge in [-0.2, -0.15) is 8.42 Å². The molecule has 0 aromatic heterocycles. The van der Waals surface area contributed by atoms with Crippen molar-refractivity contribution in [2.24, 2.45) is 5.73 Å². The number of rotatable bonds is 3. The Balaban J connectivity index is 0.000000273. The average molecular weight is 419 g/mol. The van der Waals surface area contributed by atoms with Crippen molar-refractivity contribution in [2.75, 3.05) is 6.26 Å². The number of carbonyl (C=O) groups excluding carboxylic acids is 1. The molecule has 0 radical (unpaired) electrons. The number of aryl methyl sites for hydroxylation is 1. The molecule has 1 saturated heterocycles. The van der Waals surface area contributed by atoms with Crippen molar-refractivity contribution in [3.05, 3.63) is 29.8 Å². The Morgan fingerprint density at radius 2 is 1.69 bits per heavy atom. The van der Waals surface area contributed by atoms with Crippen LogP contribution < -0.4 is 5.73 Å². The molecule has 0 saturated carbocycles. The molecule has 9 heteroatoms. The lowest BCUT2D eigenvalue weighted by atomic mass is 9.96. The first-order chi connectivity index (χ1) is 11.7. The highest BCUT2D eigenvalue weighted by Crippen LogP contribution is 2.42. The van der Waals surface area contributed by atoms with Crippen LogP contribution in [0.3, 0.4) is 0 Å². The molecule has 1 heterocycles. The first-order valence-corrected chi connectivity index (χ1v) is 14.0. The van der Waals surface area contributed by atoms with Gasteiger partial charge in [0.05, 0.1) is 19.4 Å². The van der Waals surface area contributed by atoms with Crippen LogP contribution in [0.5, 0.6) is 0 Å². The Morgan fingerprint density at radius 1 is 1.23 bits per heavy atom. The summed E-state index contributed by atoms with van der Waals surface area (Å²) in [5.41, 5.74) is 7.32. The number of β-lactam (4-membered cyclic amide) rings is 1. The molecule has 1 amide bonds. The molecule has 1 aliphatic heterocycles. The Hall–Kier alpha value is -0.873. The lowest BCUT2D eigenvalue weighted by Gasteiger charge is -2.60. The molecule has 1 aromatic rings. The van der Waals surface area contributed by atoms with Crippen molar-refractivity contribution in [3.63, 3.8) is 0 Å². The second-order valence-electron chi connectivity index (χ2n) is 7.82. The Morgan fingerprint density at radius 3 is 2.00 bits per heavy atom. The Kier molecular flexibility index (Phi) is 7.14. The number of amides is 1. The van der Waals surface area contributed by atoms with Crippen molar-refractivity contribution in [1.29, 1.82) is 0 Å². The summed E-state index contributed by atoms with van der Waals surface area (Å²) in [6, 6.07) is 5.99. The van der Waals surface area contributed by atoms with E-state index < -0.39 is 23.8 Å². The van der Waals surface area contributed by atoms with E-state index in [0.717, 1.165) is 5.56 Å². The van der Waals surface area contributed by atoms with Gasteiger partial charge in [0.25, 0.3) is 16.0 Å². The van der Waals surface area contributed by atoms with Crippen molar-refractivity contribution in [1.82, 2.24) is 4.90 Å². The number of nitrogens with zero attached hydrogens (tertiary/aromatic N) is 1. The minimum Gasteiger partial charge on any atom is -0.333 e. The molecular weight excluding hydrogens is 388 g/mol. The molecule has 0 bridgehead atoms. The number of hydrogen-bond acceptors (Lipinski definition) is 5. The quantitative estimate of drug-likeness (QED) is 0.338. The molecule has 2 rings (SSSR count). The van der Waals surface area contributed by atoms with E-state index in [4.69, 9.17) is 10.3 Å². The minimum atomic E-state index is -4.02. The molecule has 6 nitrogen and oxygen atoms in total. The second-order valence-corrected chi connectivity index (χ2v) is 13.4. The van der Waals surface area contributed by atoms with E-state index in [-0.39, 0.29) is 22.0 Å². The smallest absolute Gasteiger partial charge is 0.294 e. The molecule has 1 fully saturated rings. The molecule has 148 valence electrons. The molecule has 2 unspecified atom stereocenters. The zero-order chi connectivity index (χ0) is 20.5. The maximum absolute atomic E-state index is 12.1. The number of benzene rings is 1. The van der Waals surface area contributed by atoms with Crippen LogP contribution in [0.4, 0.5) is 0 Å². The number of hydrogen-bond donors (Lipinski definition) is 2. The molecule has 0 spiro atoms. The van der Waals surface area contributed by atoms with Gasteiger partial charge in [0.1, 0.15) is 0 Å². The average Bonchev–Trinajstić information content (AvgIpc) is 2.49. The molecule has 1 aliphatic rings. The molecule has 0 aliphatic carbocycles. The van der Waals surface area contributed by atoms with Crippen molar-refractivity contribution < 1.29 is 17.8 Å². The molecule has 2 atom stereocenters. The van der Waals surface area contributed by atoms with Crippen LogP contribution >= 0.6 is 11.8 Å². The summed E-state index contributed by atoms with van der Waals surface area (Å²) in [4.78, 5) is 13.4. The molecule has 1 aromatic carbocycles. The van der Waals surface area contributed by atoms with Crippen molar-refractivity contribution in [2.45, 2.75) is 61.8 Å². The fourth-order valence-electron chi connectivity index (χ4n) is 3.00. The van der Waals surface area contributed by atoms with Crippen LogP contribution in [-0.4, -0.2) is 54.9 Å². The minimum absolute atomic E-state index is 0.0666. The van der Waals surface area contributed by atoms with Gasteiger partial charge in [-0.1, -0.05) is 30.8 Å². The van der Waals surface area contributed by atoms with Gasteiger partial charge in [-0.25, -0.2) is 0 Å². The summed E-state index contributed by atoms with van der Waals surface area (Å²) in [6.45, 7) is 12.6. The SMILES string of the molecule is CSC1(N)C(=O)N(C(C)(C)C)C1[SiH](C)C.Cc1ccc(S(=O)(=O)O)cc1. The summed E-state index contributed by atoms with van der Waals surface area (Å²) in [5.74, 6) is 0.105. The van der Waals surface area contributed by atoms with Gasteiger partial charge < -0.3 is 10.6 Å². The summed E-state index contributed by atoms with van der Waals surface area (Å²) < 4.78 is 29.6. The summed E-state index contributed by atoms with van der Waals surface area (Å²) in [5, 5.41) is 0. The van der Waals surface area contributed by atoms with Gasteiger partial charge >= 0.3 is 0 Å². The van der Waals surface area contributed by atoms with E-state index in [1.165, 1.54) is 23.9 Å². The van der Waals surface area contributed by atoms with E-state index >= 15 is 0 Å². The largest absolute Gasteiger partial charge is 0.333 e. The summed E-state index contributed by atoms with van der Waals surface area (Å²) >= 11 is 1.50. The molecule has 3 N–H and O–H groups in total. The van der Waals surface area contributed by atoms with Gasteiger partial charge in [-0.3, -0.25) is 9.35 Å². The Labute approximate surface area is 162 Å². The van der Waals surface area contributed by atoms with Crippen LogP contribution in [0.1, 0.15) is 26.3 Å². The number of thioether (sulfide) groups is 1. The van der Waals surface area contributed by atoms with Crippen LogP contribution in [-0.2, 0) is 14.9 Å². The second kappa shape index (κ2) is 8.01. The topological polar surface area (TPSA) is 101 Å². The summed E-state index contributed by atoms with van der Waals surface area (Å²) in [6.07, 6.45) is 1.93. The highest BCUT2D eigenvalue weighted by molar-refractivity contribution is 8.00. The maximum Gasteiger partial charge on any atom is 0.294 e. The van der Waals surface area contributed by atoms with Crippen LogP contribution in [0.2, 0.25) is 13.1 Å². The highest BCUT2D eigenvalue weighted by Gasteiger charge is 2.61. The van der Waals surface area contributed by atoms with E-state index in [0.29, 0.717) is 0 Å². The first kappa shape index (κ1) is 23.2. The van der Waals surface area contributed by atoms with Gasteiger partial charge in [0, 0.05) is 5.54 Å². The summed E-state index contributed by atoms with van der Waals surface area (Å²) in [7, 11) is -4.98. The van der Waals surface area contributed by atoms with Gasteiger partial charge in [-0.15, -0.1) is 11.8 Å². The van der Waals surface area contributed by atoms with Gasteiger partial charge in [0.2, 0.25) is 0 Å². The molecule has 26 heavy (non-hydrogen) atoms. The van der Waals surface area contributed by atoms with Crippen LogP contribution in [0, 0.1) is 6.92 Å². The lowest BCUT2D eigenvalue weighted by Crippen LogP contribution is -2.83. The normalized spacial score (nSPS) is 23.4. The van der Waals surface area contributed by atoms with Gasteiger partial charge in [0.15, 0.2) is 4.87 Å². The van der Waals surface area contributed by atoms with Crippen LogP contribution in [0.15, 0.2) is 29.2 Å². The lowest BCUT2D eigenvalue weighted by molar-refractivity contribution is -0.155. The Bertz CT molecular complexity index is 745. The van der Waals surface area contributed by atoms with Crippen molar-refractivity contribution in [3.8, 4) is 0 Å². The fraction of sp³-hybridized carbons (Fsp3) is 0.588. The monoisotopic (exact) mass is 418 g/mol. The van der Waals surface area contributed by atoms with Crippen molar-refractivity contribution >= 4 is 36.6 Å². The first-order valence-electron chi connectivity index (χ1n) is 8.38. The standard InChI is InChI=1S/C10H22N2OSSi.C7H8O3S/c1-9(2,3)12-7(13)10(11,14-4)8(12)15(5)6;1-6-2-4-7(5-3-6)11(8,9)10/h8,15H,11H2,1-6H3;2-5H,1H3,(H,8,9,10). The predicted octanol–water partition coefficient (Wildman–Crippen LogP) is 2.28. The third kappa shape index (κ3) is 4.89. The van der Waals surface area contributed by atoms with E-state index in [1.807, 2.05) is 18.1 Å². The number of likely N-dealkylation sites (tertiary alicyclic amines) is 1. The van der Waals surface area contributed by atoms with Gasteiger partial charge in [-0.05, 0) is 46.1 Å². The van der Waals surface area contributed by atoms with E-state index in [9.17, 15) is 13.2 Å². The van der Waals surface area contributed by atoms with E-state index in [1.54, 1.807) is 12.1 Å². The third-order valence-electron chi connectivity index (χ3n) is 4.28. The predicted molar refractivity (Wildman–Crippen MR) is 111 cm³/mol. The third-order valence-corrected chi connectivity index (χ3v) is 8.57. The highest BCUT2D eigenvalue weighted by atomic mass is 32.2. The zero-order valence-electron chi connectivity index (χ0n) is 16.5. The number of nitrogens with two attached hydrogens (primary N) is 1. The maximum atomic E-state index is 12.1.